The summed E-state index contributed by atoms with van der Waals surface area (Å²) < 4.78 is 30.5. The average molecular weight is 299 g/mol. The Morgan fingerprint density at radius 1 is 1.50 bits per heavy atom. The molecule has 2 rings (SSSR count). The van der Waals surface area contributed by atoms with Crippen LogP contribution in [0.1, 0.15) is 10.4 Å². The van der Waals surface area contributed by atoms with Crippen LogP contribution < -0.4 is 4.74 Å². The number of carbonyl (C=O) groups is 1. The number of hydrogen-bond donors (Lipinski definition) is 1. The van der Waals surface area contributed by atoms with Crippen molar-refractivity contribution >= 4 is 16.0 Å². The molecule has 0 aliphatic carbocycles. The van der Waals surface area contributed by atoms with Crippen molar-refractivity contribution in [2.24, 2.45) is 0 Å². The lowest BCUT2D eigenvalue weighted by atomic mass is 10.2. The van der Waals surface area contributed by atoms with E-state index >= 15 is 0 Å². The van der Waals surface area contributed by atoms with Crippen LogP contribution in [0.2, 0.25) is 0 Å². The molecule has 1 aromatic carbocycles. The van der Waals surface area contributed by atoms with E-state index in [0.29, 0.717) is 5.57 Å². The van der Waals surface area contributed by atoms with Crippen LogP contribution in [-0.4, -0.2) is 44.2 Å². The minimum Gasteiger partial charge on any atom is -0.495 e. The SMILES string of the molecule is C=C1CON(S(=O)(=O)c2ccc(C(=O)O)cc2OC)C1. The third kappa shape index (κ3) is 2.53. The van der Waals surface area contributed by atoms with Gasteiger partial charge in [-0.05, 0) is 23.8 Å². The minimum absolute atomic E-state index is 0.0500. The smallest absolute Gasteiger partial charge is 0.335 e. The lowest BCUT2D eigenvalue weighted by Gasteiger charge is -2.16. The Labute approximate surface area is 116 Å². The summed E-state index contributed by atoms with van der Waals surface area (Å²) in [5.41, 5.74) is 0.572. The fourth-order valence-corrected chi connectivity index (χ4v) is 3.11. The minimum atomic E-state index is -3.92. The molecule has 20 heavy (non-hydrogen) atoms. The zero-order chi connectivity index (χ0) is 14.9. The van der Waals surface area contributed by atoms with Crippen molar-refractivity contribution < 1.29 is 27.9 Å². The zero-order valence-corrected chi connectivity index (χ0v) is 11.5. The Bertz CT molecular complexity index is 667. The summed E-state index contributed by atoms with van der Waals surface area (Å²) in [6.07, 6.45) is 0. The van der Waals surface area contributed by atoms with E-state index in [1.54, 1.807) is 0 Å². The number of nitrogens with zero attached hydrogens (tertiary/aromatic N) is 1. The van der Waals surface area contributed by atoms with Crippen LogP contribution in [0.25, 0.3) is 0 Å². The zero-order valence-electron chi connectivity index (χ0n) is 10.7. The van der Waals surface area contributed by atoms with Gasteiger partial charge in [0.15, 0.2) is 0 Å². The fraction of sp³-hybridized carbons (Fsp3) is 0.250. The largest absolute Gasteiger partial charge is 0.495 e. The first-order valence-electron chi connectivity index (χ1n) is 5.60. The van der Waals surface area contributed by atoms with E-state index in [2.05, 4.69) is 6.58 Å². The lowest BCUT2D eigenvalue weighted by Crippen LogP contribution is -2.27. The van der Waals surface area contributed by atoms with Crippen LogP contribution >= 0.6 is 0 Å². The van der Waals surface area contributed by atoms with Gasteiger partial charge in [-0.15, -0.1) is 0 Å². The number of rotatable bonds is 4. The molecule has 1 N–H and O–H groups in total. The van der Waals surface area contributed by atoms with Gasteiger partial charge in [-0.1, -0.05) is 11.0 Å². The maximum Gasteiger partial charge on any atom is 0.335 e. The van der Waals surface area contributed by atoms with Gasteiger partial charge >= 0.3 is 5.97 Å². The lowest BCUT2D eigenvalue weighted by molar-refractivity contribution is -0.0276. The van der Waals surface area contributed by atoms with Crippen LogP contribution in [0, 0.1) is 0 Å². The molecule has 0 atom stereocenters. The van der Waals surface area contributed by atoms with Crippen molar-refractivity contribution in [3.05, 3.63) is 35.9 Å². The second-order valence-electron chi connectivity index (χ2n) is 4.16. The standard InChI is InChI=1S/C12H13NO6S/c1-8-6-13(19-7-8)20(16,17)11-4-3-9(12(14)15)5-10(11)18-2/h3-5H,1,6-7H2,2H3,(H,14,15). The first kappa shape index (κ1) is 14.5. The molecular formula is C12H13NO6S. The highest BCUT2D eigenvalue weighted by Crippen LogP contribution is 2.30. The van der Waals surface area contributed by atoms with Crippen LogP contribution in [0.15, 0.2) is 35.2 Å². The van der Waals surface area contributed by atoms with E-state index in [9.17, 15) is 13.2 Å². The van der Waals surface area contributed by atoms with Gasteiger partial charge in [-0.2, -0.15) is 0 Å². The molecule has 1 aromatic rings. The fourth-order valence-electron chi connectivity index (χ4n) is 1.71. The molecule has 1 heterocycles. The molecule has 1 aliphatic heterocycles. The monoisotopic (exact) mass is 299 g/mol. The molecule has 0 aromatic heterocycles. The van der Waals surface area contributed by atoms with E-state index in [4.69, 9.17) is 14.7 Å². The topological polar surface area (TPSA) is 93.1 Å². The molecule has 0 unspecified atom stereocenters. The van der Waals surface area contributed by atoms with Crippen molar-refractivity contribution in [3.63, 3.8) is 0 Å². The molecule has 0 amide bonds. The second-order valence-corrected chi connectivity index (χ2v) is 5.96. The number of ether oxygens (including phenoxy) is 1. The molecule has 0 bridgehead atoms. The molecule has 1 aliphatic rings. The normalized spacial score (nSPS) is 16.4. The third-order valence-corrected chi connectivity index (χ3v) is 4.39. The van der Waals surface area contributed by atoms with E-state index in [1.165, 1.54) is 19.2 Å². The van der Waals surface area contributed by atoms with Crippen molar-refractivity contribution in [2.45, 2.75) is 4.90 Å². The van der Waals surface area contributed by atoms with Crippen molar-refractivity contribution in [1.29, 1.82) is 0 Å². The maximum absolute atomic E-state index is 12.4. The van der Waals surface area contributed by atoms with Crippen LogP contribution in [0.5, 0.6) is 5.75 Å². The Kier molecular flexibility index (Phi) is 3.80. The number of methoxy groups -OCH3 is 1. The van der Waals surface area contributed by atoms with Gasteiger partial charge in [-0.25, -0.2) is 13.2 Å². The number of sulfonamides is 1. The average Bonchev–Trinajstić information content (AvgIpc) is 2.85. The van der Waals surface area contributed by atoms with Crippen LogP contribution in [-0.2, 0) is 14.9 Å². The van der Waals surface area contributed by atoms with Gasteiger partial charge in [0.1, 0.15) is 10.6 Å². The number of carboxylic acid groups (broad SMARTS) is 1. The predicted molar refractivity (Wildman–Crippen MR) is 68.9 cm³/mol. The maximum atomic E-state index is 12.4. The van der Waals surface area contributed by atoms with Gasteiger partial charge in [0.2, 0.25) is 0 Å². The summed E-state index contributed by atoms with van der Waals surface area (Å²) in [6, 6.07) is 3.53. The summed E-state index contributed by atoms with van der Waals surface area (Å²) in [6.45, 7) is 3.85. The first-order valence-corrected chi connectivity index (χ1v) is 7.04. The van der Waals surface area contributed by atoms with Crippen molar-refractivity contribution in [2.75, 3.05) is 20.3 Å². The van der Waals surface area contributed by atoms with Crippen LogP contribution in [0.4, 0.5) is 0 Å². The highest BCUT2D eigenvalue weighted by Gasteiger charge is 2.33. The van der Waals surface area contributed by atoms with Gasteiger partial charge in [0.05, 0.1) is 25.8 Å². The summed E-state index contributed by atoms with van der Waals surface area (Å²) in [5.74, 6) is -1.22. The quantitative estimate of drug-likeness (QED) is 0.830. The Morgan fingerprint density at radius 3 is 2.70 bits per heavy atom. The molecule has 8 heteroatoms. The number of aromatic carboxylic acids is 1. The van der Waals surface area contributed by atoms with Gasteiger partial charge < -0.3 is 9.84 Å². The first-order chi connectivity index (χ1) is 9.36. The predicted octanol–water partition coefficient (Wildman–Crippen LogP) is 0.885. The summed E-state index contributed by atoms with van der Waals surface area (Å²) in [7, 11) is -2.66. The van der Waals surface area contributed by atoms with E-state index in [1.807, 2.05) is 0 Å². The third-order valence-electron chi connectivity index (χ3n) is 2.72. The molecule has 0 saturated carbocycles. The Morgan fingerprint density at radius 2 is 2.20 bits per heavy atom. The summed E-state index contributed by atoms with van der Waals surface area (Å²) in [5, 5.41) is 8.89. The van der Waals surface area contributed by atoms with Gasteiger partial charge in [0, 0.05) is 0 Å². The number of hydroxylamine groups is 1. The Hall–Kier alpha value is -1.90. The van der Waals surface area contributed by atoms with Gasteiger partial charge in [0.25, 0.3) is 10.0 Å². The molecule has 1 fully saturated rings. The van der Waals surface area contributed by atoms with Crippen molar-refractivity contribution in [1.82, 2.24) is 4.47 Å². The van der Waals surface area contributed by atoms with Crippen LogP contribution in [0.3, 0.4) is 0 Å². The van der Waals surface area contributed by atoms with Crippen molar-refractivity contribution in [3.8, 4) is 5.75 Å². The highest BCUT2D eigenvalue weighted by atomic mass is 32.2. The Balaban J connectivity index is 2.46. The van der Waals surface area contributed by atoms with Gasteiger partial charge in [-0.3, -0.25) is 4.84 Å². The van der Waals surface area contributed by atoms with E-state index < -0.39 is 16.0 Å². The number of carboxylic acids is 1. The summed E-state index contributed by atoms with van der Waals surface area (Å²) in [4.78, 5) is 15.8. The highest BCUT2D eigenvalue weighted by molar-refractivity contribution is 7.89. The number of hydrogen-bond acceptors (Lipinski definition) is 5. The molecule has 0 spiro atoms. The molecule has 7 nitrogen and oxygen atoms in total. The second kappa shape index (κ2) is 5.23. The molecule has 108 valence electrons. The van der Waals surface area contributed by atoms with E-state index in [0.717, 1.165) is 10.5 Å². The number of benzene rings is 1. The molecule has 0 radical (unpaired) electrons. The molecule has 1 saturated heterocycles. The molecular weight excluding hydrogens is 286 g/mol. The van der Waals surface area contributed by atoms with E-state index in [-0.39, 0.29) is 29.4 Å². The summed E-state index contributed by atoms with van der Waals surface area (Å²) >= 11 is 0.